The zero-order valence-corrected chi connectivity index (χ0v) is 14.9. The molecule has 0 saturated heterocycles. The average molecular weight is 396 g/mol. The first kappa shape index (κ1) is 15.9. The minimum atomic E-state index is 0.539. The molecule has 1 aromatic carbocycles. The second kappa shape index (κ2) is 6.72. The molecule has 0 spiro atoms. The first-order valence-electron chi connectivity index (χ1n) is 7.97. The van der Waals surface area contributed by atoms with Gasteiger partial charge in [0.15, 0.2) is 12.1 Å². The maximum Gasteiger partial charge on any atom is 0.226 e. The van der Waals surface area contributed by atoms with E-state index in [-0.39, 0.29) is 0 Å². The molecule has 6 heteroatoms. The summed E-state index contributed by atoms with van der Waals surface area (Å²) in [6, 6.07) is 9.07. The van der Waals surface area contributed by atoms with Crippen molar-refractivity contribution in [1.29, 1.82) is 0 Å². The van der Waals surface area contributed by atoms with E-state index in [0.29, 0.717) is 23.0 Å². The lowest BCUT2D eigenvalue weighted by Gasteiger charge is -2.12. The number of hydrogen-bond donors (Lipinski definition) is 0. The highest BCUT2D eigenvalue weighted by molar-refractivity contribution is 9.10. The van der Waals surface area contributed by atoms with Crippen LogP contribution in [0.15, 0.2) is 47.2 Å². The molecular weight excluding hydrogens is 382 g/mol. The summed E-state index contributed by atoms with van der Waals surface area (Å²) in [5.74, 6) is 1.78. The predicted molar refractivity (Wildman–Crippen MR) is 96.9 cm³/mol. The molecule has 0 radical (unpaired) electrons. The minimum Gasteiger partial charge on any atom is -0.439 e. The Morgan fingerprint density at radius 3 is 2.72 bits per heavy atom. The van der Waals surface area contributed by atoms with E-state index >= 15 is 0 Å². The SMILES string of the molecule is O=Cc1cc(Oc2nc(-c3ccncc3)nc3c2CCC3)ccc1Br. The quantitative estimate of drug-likeness (QED) is 0.612. The number of ether oxygens (including phenoxy) is 1. The lowest BCUT2D eigenvalue weighted by Crippen LogP contribution is -2.01. The van der Waals surface area contributed by atoms with Gasteiger partial charge in [-0.1, -0.05) is 15.9 Å². The summed E-state index contributed by atoms with van der Waals surface area (Å²) in [5, 5.41) is 0. The van der Waals surface area contributed by atoms with Gasteiger partial charge in [-0.2, -0.15) is 4.98 Å². The van der Waals surface area contributed by atoms with E-state index in [2.05, 4.69) is 25.9 Å². The van der Waals surface area contributed by atoms with Gasteiger partial charge in [0, 0.05) is 33.6 Å². The van der Waals surface area contributed by atoms with Crippen molar-refractivity contribution in [2.45, 2.75) is 19.3 Å². The number of aryl methyl sites for hydroxylation is 1. The van der Waals surface area contributed by atoms with Gasteiger partial charge in [0.05, 0.1) is 5.69 Å². The summed E-state index contributed by atoms with van der Waals surface area (Å²) < 4.78 is 6.77. The number of halogens is 1. The molecule has 3 aromatic rings. The van der Waals surface area contributed by atoms with Crippen molar-refractivity contribution in [3.8, 4) is 23.0 Å². The Balaban J connectivity index is 1.76. The zero-order valence-electron chi connectivity index (χ0n) is 13.3. The third-order valence-corrected chi connectivity index (χ3v) is 4.86. The van der Waals surface area contributed by atoms with Crippen LogP contribution in [0.4, 0.5) is 0 Å². The fourth-order valence-corrected chi connectivity index (χ4v) is 3.24. The first-order chi connectivity index (χ1) is 12.2. The van der Waals surface area contributed by atoms with Gasteiger partial charge < -0.3 is 4.74 Å². The van der Waals surface area contributed by atoms with Crippen molar-refractivity contribution >= 4 is 22.2 Å². The van der Waals surface area contributed by atoms with Crippen LogP contribution >= 0.6 is 15.9 Å². The molecule has 0 atom stereocenters. The molecule has 0 fully saturated rings. The summed E-state index contributed by atoms with van der Waals surface area (Å²) in [6.07, 6.45) is 7.10. The summed E-state index contributed by atoms with van der Waals surface area (Å²) in [5.41, 5.74) is 3.52. The Morgan fingerprint density at radius 1 is 1.08 bits per heavy atom. The number of pyridine rings is 1. The van der Waals surface area contributed by atoms with Crippen LogP contribution in [-0.2, 0) is 12.8 Å². The topological polar surface area (TPSA) is 65.0 Å². The standard InChI is InChI=1S/C19H14BrN3O2/c20-16-5-4-14(10-13(16)11-24)25-19-15-2-1-3-17(15)22-18(23-19)12-6-8-21-9-7-12/h4-11H,1-3H2. The van der Waals surface area contributed by atoms with Crippen LogP contribution in [0.1, 0.15) is 28.0 Å². The second-order valence-corrected chi connectivity index (χ2v) is 6.62. The van der Waals surface area contributed by atoms with Crippen LogP contribution in [-0.4, -0.2) is 21.2 Å². The van der Waals surface area contributed by atoms with Crippen molar-refractivity contribution in [2.75, 3.05) is 0 Å². The fraction of sp³-hybridized carbons (Fsp3) is 0.158. The predicted octanol–water partition coefficient (Wildman–Crippen LogP) is 4.39. The van der Waals surface area contributed by atoms with Gasteiger partial charge in [-0.05, 0) is 49.6 Å². The molecule has 25 heavy (non-hydrogen) atoms. The number of benzene rings is 1. The number of fused-ring (bicyclic) bond motifs is 1. The van der Waals surface area contributed by atoms with Gasteiger partial charge in [0.2, 0.25) is 5.88 Å². The Labute approximate surface area is 153 Å². The molecule has 0 bridgehead atoms. The Kier molecular flexibility index (Phi) is 4.28. The molecule has 0 N–H and O–H groups in total. The van der Waals surface area contributed by atoms with Crippen molar-refractivity contribution in [2.24, 2.45) is 0 Å². The van der Waals surface area contributed by atoms with Crippen molar-refractivity contribution in [3.63, 3.8) is 0 Å². The van der Waals surface area contributed by atoms with Gasteiger partial charge >= 0.3 is 0 Å². The lowest BCUT2D eigenvalue weighted by atomic mass is 10.2. The van der Waals surface area contributed by atoms with Gasteiger partial charge in [-0.3, -0.25) is 9.78 Å². The molecular formula is C19H14BrN3O2. The number of nitrogens with zero attached hydrogens (tertiary/aromatic N) is 3. The van der Waals surface area contributed by atoms with E-state index in [1.54, 1.807) is 24.5 Å². The molecule has 1 aliphatic rings. The van der Waals surface area contributed by atoms with E-state index in [1.165, 1.54) is 0 Å². The molecule has 5 nitrogen and oxygen atoms in total. The molecule has 1 aliphatic carbocycles. The van der Waals surface area contributed by atoms with Gasteiger partial charge in [-0.15, -0.1) is 0 Å². The van der Waals surface area contributed by atoms with E-state index in [4.69, 9.17) is 9.72 Å². The number of rotatable bonds is 4. The highest BCUT2D eigenvalue weighted by Crippen LogP contribution is 2.34. The number of aldehydes is 1. The monoisotopic (exact) mass is 395 g/mol. The van der Waals surface area contributed by atoms with E-state index in [1.807, 2.05) is 18.2 Å². The molecule has 0 saturated carbocycles. The largest absolute Gasteiger partial charge is 0.439 e. The highest BCUT2D eigenvalue weighted by Gasteiger charge is 2.21. The normalized spacial score (nSPS) is 12.7. The van der Waals surface area contributed by atoms with Gasteiger partial charge in [0.1, 0.15) is 5.75 Å². The zero-order chi connectivity index (χ0) is 17.2. The maximum absolute atomic E-state index is 11.1. The van der Waals surface area contributed by atoms with Crippen LogP contribution in [0.5, 0.6) is 11.6 Å². The van der Waals surface area contributed by atoms with Crippen LogP contribution in [0.2, 0.25) is 0 Å². The average Bonchev–Trinajstić information content (AvgIpc) is 3.13. The molecule has 2 aromatic heterocycles. The number of hydrogen-bond acceptors (Lipinski definition) is 5. The summed E-state index contributed by atoms with van der Waals surface area (Å²) in [4.78, 5) is 24.5. The Bertz CT molecular complexity index is 945. The number of aromatic nitrogens is 3. The highest BCUT2D eigenvalue weighted by atomic mass is 79.9. The molecule has 0 aliphatic heterocycles. The van der Waals surface area contributed by atoms with Gasteiger partial charge in [-0.25, -0.2) is 4.98 Å². The minimum absolute atomic E-state index is 0.539. The molecule has 124 valence electrons. The van der Waals surface area contributed by atoms with Crippen molar-refractivity contribution in [3.05, 3.63) is 64.0 Å². The van der Waals surface area contributed by atoms with Crippen molar-refractivity contribution < 1.29 is 9.53 Å². The van der Waals surface area contributed by atoms with Crippen LogP contribution in [0.25, 0.3) is 11.4 Å². The maximum atomic E-state index is 11.1. The third kappa shape index (κ3) is 3.17. The second-order valence-electron chi connectivity index (χ2n) is 5.77. The number of carbonyl (C=O) groups is 1. The first-order valence-corrected chi connectivity index (χ1v) is 8.76. The van der Waals surface area contributed by atoms with Crippen molar-refractivity contribution in [1.82, 2.24) is 15.0 Å². The lowest BCUT2D eigenvalue weighted by molar-refractivity contribution is 0.112. The Morgan fingerprint density at radius 2 is 1.92 bits per heavy atom. The molecule has 0 unspecified atom stereocenters. The molecule has 0 amide bonds. The molecule has 2 heterocycles. The summed E-state index contributed by atoms with van der Waals surface area (Å²) in [7, 11) is 0. The smallest absolute Gasteiger partial charge is 0.226 e. The molecule has 4 rings (SSSR count). The van der Waals surface area contributed by atoms with E-state index in [0.717, 1.165) is 46.8 Å². The summed E-state index contributed by atoms with van der Waals surface area (Å²) in [6.45, 7) is 0. The Hall–Kier alpha value is -2.60. The van der Waals surface area contributed by atoms with Crippen LogP contribution in [0, 0.1) is 0 Å². The van der Waals surface area contributed by atoms with E-state index in [9.17, 15) is 4.79 Å². The van der Waals surface area contributed by atoms with Crippen LogP contribution in [0.3, 0.4) is 0 Å². The third-order valence-electron chi connectivity index (χ3n) is 4.14. The fourth-order valence-electron chi connectivity index (χ4n) is 2.90. The van der Waals surface area contributed by atoms with E-state index < -0.39 is 0 Å². The number of carbonyl (C=O) groups excluding carboxylic acids is 1. The van der Waals surface area contributed by atoms with Gasteiger partial charge in [0.25, 0.3) is 0 Å². The summed E-state index contributed by atoms with van der Waals surface area (Å²) >= 11 is 3.35. The van der Waals surface area contributed by atoms with Crippen LogP contribution < -0.4 is 4.74 Å².